The third-order valence-corrected chi connectivity index (χ3v) is 9.47. The molecule has 0 amide bonds. The molecule has 0 saturated carbocycles. The second-order valence-electron chi connectivity index (χ2n) is 12.7. The summed E-state index contributed by atoms with van der Waals surface area (Å²) in [5.41, 5.74) is 10.7. The predicted molar refractivity (Wildman–Crippen MR) is 195 cm³/mol. The Kier molecular flexibility index (Phi) is 6.40. The van der Waals surface area contributed by atoms with Gasteiger partial charge in [0, 0.05) is 51.5 Å². The van der Waals surface area contributed by atoms with Crippen molar-refractivity contribution >= 4 is 39.0 Å². The van der Waals surface area contributed by atoms with Crippen LogP contribution in [0, 0.1) is 0 Å². The highest BCUT2D eigenvalue weighted by atomic mass is 16.5. The number of nitrogens with zero attached hydrogens (tertiary/aromatic N) is 4. The molecular weight excluding hydrogens is 589 g/mol. The van der Waals surface area contributed by atoms with Gasteiger partial charge in [0.2, 0.25) is 0 Å². The Hall–Kier alpha value is -6.20. The lowest BCUT2D eigenvalue weighted by Crippen LogP contribution is -2.31. The van der Waals surface area contributed by atoms with E-state index in [-0.39, 0.29) is 5.41 Å². The minimum atomic E-state index is -0.303. The SMILES string of the molecule is CC1(C)c2ccccc2N(c2ccccc2)c2ccc3c4cccnc4n(-c4cccc(Oc5cccc(-c6ccccn6)c5)c4)c3c21. The van der Waals surface area contributed by atoms with Crippen LogP contribution in [0.3, 0.4) is 0 Å². The van der Waals surface area contributed by atoms with Crippen LogP contribution in [0.25, 0.3) is 38.9 Å². The molecule has 9 rings (SSSR count). The Morgan fingerprint density at radius 1 is 0.562 bits per heavy atom. The van der Waals surface area contributed by atoms with Gasteiger partial charge < -0.3 is 9.64 Å². The third-order valence-electron chi connectivity index (χ3n) is 9.47. The summed E-state index contributed by atoms with van der Waals surface area (Å²) in [7, 11) is 0. The molecule has 0 radical (unpaired) electrons. The average Bonchev–Trinajstić information content (AvgIpc) is 3.47. The van der Waals surface area contributed by atoms with Gasteiger partial charge in [0.25, 0.3) is 0 Å². The fourth-order valence-corrected chi connectivity index (χ4v) is 7.37. The topological polar surface area (TPSA) is 43.2 Å². The van der Waals surface area contributed by atoms with Crippen LogP contribution in [0.4, 0.5) is 17.1 Å². The van der Waals surface area contributed by atoms with Crippen molar-refractivity contribution in [1.82, 2.24) is 14.5 Å². The van der Waals surface area contributed by atoms with Crippen molar-refractivity contribution in [3.63, 3.8) is 0 Å². The molecule has 0 fully saturated rings. The molecule has 5 heteroatoms. The molecule has 5 aromatic carbocycles. The molecule has 0 saturated heterocycles. The maximum absolute atomic E-state index is 6.51. The number of para-hydroxylation sites is 2. The highest BCUT2D eigenvalue weighted by Gasteiger charge is 2.39. The second kappa shape index (κ2) is 11.0. The van der Waals surface area contributed by atoms with Crippen LogP contribution < -0.4 is 9.64 Å². The summed E-state index contributed by atoms with van der Waals surface area (Å²) in [5.74, 6) is 1.50. The summed E-state index contributed by atoms with van der Waals surface area (Å²) in [6, 6.07) is 50.5. The minimum Gasteiger partial charge on any atom is -0.457 e. The number of fused-ring (bicyclic) bond motifs is 6. The highest BCUT2D eigenvalue weighted by Crippen LogP contribution is 2.55. The van der Waals surface area contributed by atoms with Gasteiger partial charge in [-0.2, -0.15) is 0 Å². The Balaban J connectivity index is 1.26. The van der Waals surface area contributed by atoms with E-state index in [9.17, 15) is 0 Å². The zero-order chi connectivity index (χ0) is 32.2. The first-order chi connectivity index (χ1) is 23.6. The van der Waals surface area contributed by atoms with E-state index in [0.29, 0.717) is 0 Å². The van der Waals surface area contributed by atoms with Gasteiger partial charge >= 0.3 is 0 Å². The van der Waals surface area contributed by atoms with Crippen LogP contribution >= 0.6 is 0 Å². The molecule has 4 heterocycles. The van der Waals surface area contributed by atoms with Gasteiger partial charge in [-0.15, -0.1) is 0 Å². The molecule has 0 bridgehead atoms. The number of anilines is 3. The number of hydrogen-bond acceptors (Lipinski definition) is 4. The summed E-state index contributed by atoms with van der Waals surface area (Å²) >= 11 is 0. The third kappa shape index (κ3) is 4.39. The molecule has 5 nitrogen and oxygen atoms in total. The van der Waals surface area contributed by atoms with Gasteiger partial charge in [0.05, 0.1) is 28.3 Å². The van der Waals surface area contributed by atoms with Crippen molar-refractivity contribution in [3.8, 4) is 28.4 Å². The van der Waals surface area contributed by atoms with E-state index >= 15 is 0 Å². The van der Waals surface area contributed by atoms with E-state index in [0.717, 1.165) is 50.7 Å². The van der Waals surface area contributed by atoms with Gasteiger partial charge in [-0.05, 0) is 78.4 Å². The fourth-order valence-electron chi connectivity index (χ4n) is 7.37. The average molecular weight is 621 g/mol. The molecule has 1 aliphatic heterocycles. The van der Waals surface area contributed by atoms with Crippen molar-refractivity contribution in [3.05, 3.63) is 169 Å². The van der Waals surface area contributed by atoms with E-state index in [1.54, 1.807) is 0 Å². The smallest absolute Gasteiger partial charge is 0.145 e. The number of rotatable bonds is 5. The lowest BCUT2D eigenvalue weighted by Gasteiger charge is -2.42. The molecule has 8 aromatic rings. The number of hydrogen-bond donors (Lipinski definition) is 0. The standard InChI is InChI=1S/C43H32N4O/c1-43(2)36-20-6-7-22-38(36)46(30-14-4-3-5-15-30)39-24-23-34-35-19-12-26-45-42(35)47(41(34)40(39)43)31-16-11-18-33(28-31)48-32-17-10-13-29(27-32)37-21-8-9-25-44-37/h3-28H,1-2H3. The van der Waals surface area contributed by atoms with Gasteiger partial charge in [-0.3, -0.25) is 9.55 Å². The van der Waals surface area contributed by atoms with Crippen LogP contribution in [-0.2, 0) is 5.41 Å². The van der Waals surface area contributed by atoms with Crippen molar-refractivity contribution < 1.29 is 4.74 Å². The number of pyridine rings is 2. The van der Waals surface area contributed by atoms with Crippen molar-refractivity contribution in [2.24, 2.45) is 0 Å². The molecule has 1 aliphatic rings. The lowest BCUT2D eigenvalue weighted by molar-refractivity contribution is 0.482. The molecule has 3 aromatic heterocycles. The van der Waals surface area contributed by atoms with E-state index in [1.807, 2.05) is 60.9 Å². The van der Waals surface area contributed by atoms with Gasteiger partial charge in [0.15, 0.2) is 0 Å². The Morgan fingerprint density at radius 3 is 2.17 bits per heavy atom. The molecule has 0 aliphatic carbocycles. The second-order valence-corrected chi connectivity index (χ2v) is 12.7. The van der Waals surface area contributed by atoms with Gasteiger partial charge in [0.1, 0.15) is 17.1 Å². The summed E-state index contributed by atoms with van der Waals surface area (Å²) in [4.78, 5) is 11.9. The van der Waals surface area contributed by atoms with Crippen LogP contribution in [0.2, 0.25) is 0 Å². The summed E-state index contributed by atoms with van der Waals surface area (Å²) < 4.78 is 8.83. The van der Waals surface area contributed by atoms with E-state index < -0.39 is 0 Å². The minimum absolute atomic E-state index is 0.303. The largest absolute Gasteiger partial charge is 0.457 e. The fraction of sp³-hybridized carbons (Fsp3) is 0.0698. The quantitative estimate of drug-likeness (QED) is 0.192. The first-order valence-corrected chi connectivity index (χ1v) is 16.2. The maximum Gasteiger partial charge on any atom is 0.145 e. The van der Waals surface area contributed by atoms with Crippen LogP contribution in [0.15, 0.2) is 158 Å². The summed E-state index contributed by atoms with van der Waals surface area (Å²) in [6.07, 6.45) is 3.69. The molecule has 48 heavy (non-hydrogen) atoms. The van der Waals surface area contributed by atoms with Crippen molar-refractivity contribution in [1.29, 1.82) is 0 Å². The highest BCUT2D eigenvalue weighted by molar-refractivity contribution is 6.12. The van der Waals surface area contributed by atoms with E-state index in [1.165, 1.54) is 27.9 Å². The number of benzene rings is 5. The number of aromatic nitrogens is 3. The molecule has 0 atom stereocenters. The first-order valence-electron chi connectivity index (χ1n) is 16.2. The molecule has 230 valence electrons. The van der Waals surface area contributed by atoms with Crippen LogP contribution in [-0.4, -0.2) is 14.5 Å². The zero-order valence-electron chi connectivity index (χ0n) is 26.7. The van der Waals surface area contributed by atoms with Crippen LogP contribution in [0.1, 0.15) is 25.0 Å². The summed E-state index contributed by atoms with van der Waals surface area (Å²) in [5, 5.41) is 2.29. The normalized spacial score (nSPS) is 13.3. The predicted octanol–water partition coefficient (Wildman–Crippen LogP) is 11.1. The molecule has 0 N–H and O–H groups in total. The maximum atomic E-state index is 6.51. The van der Waals surface area contributed by atoms with Crippen LogP contribution in [0.5, 0.6) is 11.5 Å². The number of ether oxygens (including phenoxy) is 1. The Labute approximate surface area is 279 Å². The van der Waals surface area contributed by atoms with E-state index in [2.05, 4.69) is 125 Å². The molecular formula is C43H32N4O. The van der Waals surface area contributed by atoms with Crippen molar-refractivity contribution in [2.45, 2.75) is 19.3 Å². The van der Waals surface area contributed by atoms with Gasteiger partial charge in [-0.1, -0.05) is 80.6 Å². The monoisotopic (exact) mass is 620 g/mol. The van der Waals surface area contributed by atoms with Crippen molar-refractivity contribution in [2.75, 3.05) is 4.90 Å². The lowest BCUT2D eigenvalue weighted by atomic mass is 9.72. The summed E-state index contributed by atoms with van der Waals surface area (Å²) in [6.45, 7) is 4.69. The Bertz CT molecular complexity index is 2470. The molecule has 0 spiro atoms. The first kappa shape index (κ1) is 28.1. The zero-order valence-corrected chi connectivity index (χ0v) is 26.7. The Morgan fingerprint density at radius 2 is 1.31 bits per heavy atom. The van der Waals surface area contributed by atoms with Gasteiger partial charge in [-0.25, -0.2) is 4.98 Å². The molecule has 0 unspecified atom stereocenters. The van der Waals surface area contributed by atoms with E-state index in [4.69, 9.17) is 9.72 Å².